The van der Waals surface area contributed by atoms with Crippen molar-refractivity contribution < 1.29 is 4.92 Å². The standard InChI is InChI=1S/C12H15N5O2/c1-8-9(7-16(2)15-8)6-14-11-5-3-4-10(13)12(11)17(18)19/h3-5,7,14H,6,13H2,1-2H3. The second-order valence-electron chi connectivity index (χ2n) is 4.27. The van der Waals surface area contributed by atoms with Crippen molar-refractivity contribution in [1.82, 2.24) is 9.78 Å². The van der Waals surface area contributed by atoms with E-state index in [4.69, 9.17) is 5.73 Å². The van der Waals surface area contributed by atoms with Gasteiger partial charge >= 0.3 is 5.69 Å². The SMILES string of the molecule is Cc1nn(C)cc1CNc1cccc(N)c1[N+](=O)[O-]. The molecule has 0 fully saturated rings. The molecule has 1 aromatic heterocycles. The number of anilines is 2. The molecule has 0 atom stereocenters. The lowest BCUT2D eigenvalue weighted by atomic mass is 10.2. The van der Waals surface area contributed by atoms with Gasteiger partial charge in [0.15, 0.2) is 0 Å². The Balaban J connectivity index is 2.22. The van der Waals surface area contributed by atoms with Gasteiger partial charge in [-0.2, -0.15) is 5.10 Å². The summed E-state index contributed by atoms with van der Waals surface area (Å²) >= 11 is 0. The van der Waals surface area contributed by atoms with Crippen LogP contribution in [-0.4, -0.2) is 14.7 Å². The Morgan fingerprint density at radius 1 is 1.53 bits per heavy atom. The number of rotatable bonds is 4. The van der Waals surface area contributed by atoms with Crippen LogP contribution in [0.5, 0.6) is 0 Å². The van der Waals surface area contributed by atoms with Gasteiger partial charge in [0.1, 0.15) is 11.4 Å². The predicted molar refractivity (Wildman–Crippen MR) is 72.8 cm³/mol. The molecular formula is C12H15N5O2. The highest BCUT2D eigenvalue weighted by Gasteiger charge is 2.17. The summed E-state index contributed by atoms with van der Waals surface area (Å²) in [4.78, 5) is 10.5. The zero-order chi connectivity index (χ0) is 14.0. The van der Waals surface area contributed by atoms with Gasteiger partial charge < -0.3 is 11.1 Å². The van der Waals surface area contributed by atoms with E-state index >= 15 is 0 Å². The first kappa shape index (κ1) is 12.9. The summed E-state index contributed by atoms with van der Waals surface area (Å²) in [6.07, 6.45) is 1.88. The topological polar surface area (TPSA) is 99.0 Å². The Kier molecular flexibility index (Phi) is 3.37. The number of hydrogen-bond acceptors (Lipinski definition) is 5. The molecule has 1 heterocycles. The van der Waals surface area contributed by atoms with Crippen molar-refractivity contribution in [2.24, 2.45) is 7.05 Å². The Bertz CT molecular complexity index is 621. The monoisotopic (exact) mass is 261 g/mol. The number of nitrogens with zero attached hydrogens (tertiary/aromatic N) is 3. The fourth-order valence-electron chi connectivity index (χ4n) is 1.92. The second kappa shape index (κ2) is 4.97. The molecule has 0 aliphatic heterocycles. The second-order valence-corrected chi connectivity index (χ2v) is 4.27. The molecule has 3 N–H and O–H groups in total. The van der Waals surface area contributed by atoms with E-state index in [0.29, 0.717) is 12.2 Å². The number of nitro benzene ring substituents is 1. The number of nitro groups is 1. The third kappa shape index (κ3) is 2.65. The van der Waals surface area contributed by atoms with Gasteiger partial charge in [-0.1, -0.05) is 6.07 Å². The molecule has 0 aliphatic carbocycles. The number of nitrogen functional groups attached to an aromatic ring is 1. The molecule has 19 heavy (non-hydrogen) atoms. The van der Waals surface area contributed by atoms with Crippen molar-refractivity contribution in [3.8, 4) is 0 Å². The molecule has 100 valence electrons. The molecule has 0 saturated heterocycles. The number of para-hydroxylation sites is 1. The lowest BCUT2D eigenvalue weighted by Crippen LogP contribution is -2.05. The van der Waals surface area contributed by atoms with Crippen molar-refractivity contribution in [2.45, 2.75) is 13.5 Å². The van der Waals surface area contributed by atoms with E-state index in [-0.39, 0.29) is 11.4 Å². The Hall–Kier alpha value is -2.57. The summed E-state index contributed by atoms with van der Waals surface area (Å²) in [6.45, 7) is 2.36. The molecule has 2 aromatic rings. The average molecular weight is 261 g/mol. The molecule has 0 saturated carbocycles. The molecule has 7 nitrogen and oxygen atoms in total. The van der Waals surface area contributed by atoms with Crippen molar-refractivity contribution in [3.63, 3.8) is 0 Å². The lowest BCUT2D eigenvalue weighted by Gasteiger charge is -2.07. The summed E-state index contributed by atoms with van der Waals surface area (Å²) < 4.78 is 1.71. The number of hydrogen-bond donors (Lipinski definition) is 2. The van der Waals surface area contributed by atoms with E-state index in [1.807, 2.05) is 20.2 Å². The Morgan fingerprint density at radius 2 is 2.26 bits per heavy atom. The minimum Gasteiger partial charge on any atom is -0.393 e. The van der Waals surface area contributed by atoms with Gasteiger partial charge in [-0.05, 0) is 19.1 Å². The number of nitrogens with two attached hydrogens (primary N) is 1. The molecule has 1 aromatic carbocycles. The predicted octanol–water partition coefficient (Wildman–Crippen LogP) is 1.83. The third-order valence-electron chi connectivity index (χ3n) is 2.83. The van der Waals surface area contributed by atoms with Crippen LogP contribution in [0.25, 0.3) is 0 Å². The molecule has 0 spiro atoms. The van der Waals surface area contributed by atoms with Crippen molar-refractivity contribution >= 4 is 17.1 Å². The number of aromatic nitrogens is 2. The van der Waals surface area contributed by atoms with E-state index in [9.17, 15) is 10.1 Å². The third-order valence-corrected chi connectivity index (χ3v) is 2.83. The van der Waals surface area contributed by atoms with E-state index in [2.05, 4.69) is 10.4 Å². The van der Waals surface area contributed by atoms with Crippen LogP contribution in [0.4, 0.5) is 17.1 Å². The molecule has 2 rings (SSSR count). The quantitative estimate of drug-likeness (QED) is 0.497. The smallest absolute Gasteiger partial charge is 0.314 e. The first-order chi connectivity index (χ1) is 8.99. The highest BCUT2D eigenvalue weighted by atomic mass is 16.6. The number of aryl methyl sites for hydroxylation is 2. The fourth-order valence-corrected chi connectivity index (χ4v) is 1.92. The van der Waals surface area contributed by atoms with Gasteiger partial charge in [0.2, 0.25) is 0 Å². The molecule has 0 aliphatic rings. The van der Waals surface area contributed by atoms with Crippen LogP contribution in [0, 0.1) is 17.0 Å². The maximum absolute atomic E-state index is 11.0. The fraction of sp³-hybridized carbons (Fsp3) is 0.250. The summed E-state index contributed by atoms with van der Waals surface area (Å²) in [7, 11) is 1.83. The maximum Gasteiger partial charge on any atom is 0.314 e. The molecule has 0 unspecified atom stereocenters. The normalized spacial score (nSPS) is 10.4. The summed E-state index contributed by atoms with van der Waals surface area (Å²) in [6, 6.07) is 4.83. The van der Waals surface area contributed by atoms with Crippen LogP contribution in [-0.2, 0) is 13.6 Å². The van der Waals surface area contributed by atoms with Gasteiger partial charge in [0.05, 0.1) is 10.6 Å². The van der Waals surface area contributed by atoms with Gasteiger partial charge in [0, 0.05) is 25.4 Å². The highest BCUT2D eigenvalue weighted by molar-refractivity contribution is 5.74. The Labute approximate surface area is 110 Å². The minimum atomic E-state index is -0.478. The van der Waals surface area contributed by atoms with E-state index in [0.717, 1.165) is 11.3 Å². The molecule has 0 bridgehead atoms. The van der Waals surface area contributed by atoms with E-state index in [1.165, 1.54) is 6.07 Å². The summed E-state index contributed by atoms with van der Waals surface area (Å²) in [5.74, 6) is 0. The lowest BCUT2D eigenvalue weighted by molar-refractivity contribution is -0.383. The Morgan fingerprint density at radius 3 is 2.84 bits per heavy atom. The summed E-state index contributed by atoms with van der Waals surface area (Å²) in [5.41, 5.74) is 7.97. The minimum absolute atomic E-state index is 0.0935. The average Bonchev–Trinajstić information content (AvgIpc) is 2.64. The van der Waals surface area contributed by atoms with Crippen LogP contribution in [0.2, 0.25) is 0 Å². The van der Waals surface area contributed by atoms with Crippen LogP contribution >= 0.6 is 0 Å². The van der Waals surface area contributed by atoms with Gasteiger partial charge in [-0.15, -0.1) is 0 Å². The van der Waals surface area contributed by atoms with Crippen molar-refractivity contribution in [3.05, 3.63) is 45.8 Å². The molecule has 0 radical (unpaired) electrons. The van der Waals surface area contributed by atoms with Crippen LogP contribution in [0.3, 0.4) is 0 Å². The van der Waals surface area contributed by atoms with Crippen LogP contribution in [0.1, 0.15) is 11.3 Å². The van der Waals surface area contributed by atoms with Gasteiger partial charge in [-0.3, -0.25) is 14.8 Å². The van der Waals surface area contributed by atoms with Crippen molar-refractivity contribution in [1.29, 1.82) is 0 Å². The summed E-state index contributed by atoms with van der Waals surface area (Å²) in [5, 5.41) is 18.2. The van der Waals surface area contributed by atoms with Crippen LogP contribution < -0.4 is 11.1 Å². The zero-order valence-electron chi connectivity index (χ0n) is 10.8. The number of nitrogens with one attached hydrogen (secondary N) is 1. The van der Waals surface area contributed by atoms with E-state index in [1.54, 1.807) is 16.8 Å². The maximum atomic E-state index is 11.0. The highest BCUT2D eigenvalue weighted by Crippen LogP contribution is 2.30. The molecule has 0 amide bonds. The van der Waals surface area contributed by atoms with Crippen molar-refractivity contribution in [2.75, 3.05) is 11.1 Å². The van der Waals surface area contributed by atoms with E-state index < -0.39 is 4.92 Å². The van der Waals surface area contributed by atoms with Crippen LogP contribution in [0.15, 0.2) is 24.4 Å². The number of benzene rings is 1. The largest absolute Gasteiger partial charge is 0.393 e. The first-order valence-electron chi connectivity index (χ1n) is 5.75. The van der Waals surface area contributed by atoms with Gasteiger partial charge in [-0.25, -0.2) is 0 Å². The molecule has 7 heteroatoms. The van der Waals surface area contributed by atoms with Gasteiger partial charge in [0.25, 0.3) is 0 Å². The zero-order valence-corrected chi connectivity index (χ0v) is 10.8. The molecular weight excluding hydrogens is 246 g/mol. The first-order valence-corrected chi connectivity index (χ1v) is 5.75.